The molecule has 9 heteroatoms. The molecule has 0 saturated heterocycles. The number of hydrogen-bond donors (Lipinski definition) is 1. The van der Waals surface area contributed by atoms with Gasteiger partial charge in [0.15, 0.2) is 15.2 Å². The van der Waals surface area contributed by atoms with E-state index >= 15 is 0 Å². The van der Waals surface area contributed by atoms with Crippen LogP contribution in [-0.2, 0) is 19.6 Å². The third-order valence-electron chi connectivity index (χ3n) is 4.48. The van der Waals surface area contributed by atoms with Crippen LogP contribution in [0.15, 0.2) is 59.4 Å². The van der Waals surface area contributed by atoms with Crippen LogP contribution in [0.4, 0.5) is 0 Å². The topological polar surface area (TPSA) is 77.8 Å². The molecule has 3 aromatic rings. The van der Waals surface area contributed by atoms with Gasteiger partial charge in [0.1, 0.15) is 17.4 Å². The summed E-state index contributed by atoms with van der Waals surface area (Å²) in [5.74, 6) is 0.250. The molecule has 0 aliphatic rings. The first-order valence-electron chi connectivity index (χ1n) is 8.94. The molecule has 1 unspecified atom stereocenters. The Balaban J connectivity index is 1.82. The van der Waals surface area contributed by atoms with Gasteiger partial charge in [-0.1, -0.05) is 41.4 Å². The van der Waals surface area contributed by atoms with Gasteiger partial charge < -0.3 is 18.9 Å². The van der Waals surface area contributed by atoms with Gasteiger partial charge in [-0.2, -0.15) is 0 Å². The number of nitrogens with zero attached hydrogens (tertiary/aromatic N) is 1. The predicted molar refractivity (Wildman–Crippen MR) is 120 cm³/mol. The van der Waals surface area contributed by atoms with Gasteiger partial charge in [-0.05, 0) is 42.3 Å². The molecule has 6 nitrogen and oxygen atoms in total. The van der Waals surface area contributed by atoms with Crippen LogP contribution in [-0.4, -0.2) is 15.6 Å². The monoisotopic (exact) mass is 466 g/mol. The SMILES string of the molecule is O=C(O)c1ccc(CCn2c(COc3cccc(O[PH3+])c3)c(Cl)cc(Cl)c2=O)cc1. The Morgan fingerprint density at radius 3 is 2.40 bits per heavy atom. The number of carboxylic acid groups (broad SMARTS) is 1. The molecule has 0 aliphatic carbocycles. The molecule has 30 heavy (non-hydrogen) atoms. The number of rotatable bonds is 8. The van der Waals surface area contributed by atoms with E-state index < -0.39 is 5.97 Å². The average Bonchev–Trinajstić information content (AvgIpc) is 2.75. The Morgan fingerprint density at radius 1 is 1.03 bits per heavy atom. The van der Waals surface area contributed by atoms with Crippen molar-refractivity contribution in [3.8, 4) is 11.5 Å². The zero-order valence-electron chi connectivity index (χ0n) is 15.8. The highest BCUT2D eigenvalue weighted by Crippen LogP contribution is 2.24. The summed E-state index contributed by atoms with van der Waals surface area (Å²) < 4.78 is 12.5. The lowest BCUT2D eigenvalue weighted by Gasteiger charge is -2.16. The first-order chi connectivity index (χ1) is 14.4. The second-order valence-electron chi connectivity index (χ2n) is 6.40. The van der Waals surface area contributed by atoms with Crippen molar-refractivity contribution < 1.29 is 19.2 Å². The minimum atomic E-state index is -0.989. The maximum absolute atomic E-state index is 12.6. The van der Waals surface area contributed by atoms with E-state index in [2.05, 4.69) is 0 Å². The second-order valence-corrected chi connectivity index (χ2v) is 7.51. The summed E-state index contributed by atoms with van der Waals surface area (Å²) in [4.78, 5) is 23.6. The summed E-state index contributed by atoms with van der Waals surface area (Å²) in [6, 6.07) is 15.0. The summed E-state index contributed by atoms with van der Waals surface area (Å²) in [5, 5.41) is 9.35. The maximum Gasteiger partial charge on any atom is 0.335 e. The molecule has 0 fully saturated rings. The second kappa shape index (κ2) is 9.98. The quantitative estimate of drug-likeness (QED) is 0.491. The van der Waals surface area contributed by atoms with E-state index in [1.807, 2.05) is 0 Å². The Bertz CT molecular complexity index is 1120. The van der Waals surface area contributed by atoms with Crippen molar-refractivity contribution in [1.82, 2.24) is 4.57 Å². The molecule has 2 aromatic carbocycles. The number of halogens is 2. The van der Waals surface area contributed by atoms with Gasteiger partial charge in [0.2, 0.25) is 0 Å². The van der Waals surface area contributed by atoms with Crippen LogP contribution in [0.5, 0.6) is 11.5 Å². The van der Waals surface area contributed by atoms with Crippen LogP contribution in [0.3, 0.4) is 0 Å². The molecular weight excluding hydrogens is 448 g/mol. The van der Waals surface area contributed by atoms with Gasteiger partial charge >= 0.3 is 5.97 Å². The van der Waals surface area contributed by atoms with Crippen LogP contribution in [0, 0.1) is 0 Å². The number of aromatic carboxylic acids is 1. The number of carbonyl (C=O) groups is 1. The fourth-order valence-corrected chi connectivity index (χ4v) is 3.59. The van der Waals surface area contributed by atoms with E-state index in [0.717, 1.165) is 5.56 Å². The third kappa shape index (κ3) is 5.33. The standard InChI is InChI=1S/C21H18Cl2NO5P/c22-17-11-18(23)20(25)24(9-8-13-4-6-14(7-5-13)21(26)27)19(17)12-28-15-2-1-3-16(10-15)29-30/h1-7,10-11H,8-9,12H2,30H3/p+1. The summed E-state index contributed by atoms with van der Waals surface area (Å²) in [6.45, 7) is 0.377. The molecule has 0 aliphatic heterocycles. The number of benzene rings is 2. The fraction of sp³-hybridized carbons (Fsp3) is 0.143. The third-order valence-corrected chi connectivity index (χ3v) is 5.41. The Labute approximate surface area is 185 Å². The highest BCUT2D eigenvalue weighted by Gasteiger charge is 2.14. The van der Waals surface area contributed by atoms with Crippen molar-refractivity contribution in [2.75, 3.05) is 0 Å². The van der Waals surface area contributed by atoms with E-state index in [9.17, 15) is 9.59 Å². The number of aryl methyl sites for hydroxylation is 1. The van der Waals surface area contributed by atoms with Crippen molar-refractivity contribution in [3.63, 3.8) is 0 Å². The Kier molecular flexibility index (Phi) is 7.38. The van der Waals surface area contributed by atoms with E-state index in [-0.39, 0.29) is 22.8 Å². The van der Waals surface area contributed by atoms with E-state index in [1.165, 1.54) is 32.2 Å². The zero-order valence-corrected chi connectivity index (χ0v) is 18.7. The van der Waals surface area contributed by atoms with Crippen molar-refractivity contribution in [2.24, 2.45) is 0 Å². The molecule has 1 N–H and O–H groups in total. The summed E-state index contributed by atoms with van der Waals surface area (Å²) in [6.07, 6.45) is 0.490. The molecule has 0 saturated carbocycles. The van der Waals surface area contributed by atoms with Crippen LogP contribution < -0.4 is 14.8 Å². The van der Waals surface area contributed by atoms with E-state index in [1.54, 1.807) is 36.4 Å². The maximum atomic E-state index is 12.6. The van der Waals surface area contributed by atoms with Crippen molar-refractivity contribution in [3.05, 3.63) is 91.8 Å². The van der Waals surface area contributed by atoms with E-state index in [0.29, 0.717) is 35.2 Å². The van der Waals surface area contributed by atoms with Gasteiger partial charge in [0.05, 0.1) is 16.3 Å². The van der Waals surface area contributed by atoms with Crippen LogP contribution >= 0.6 is 32.7 Å². The van der Waals surface area contributed by atoms with Gasteiger partial charge in [-0.25, -0.2) is 4.79 Å². The smallest absolute Gasteiger partial charge is 0.335 e. The summed E-state index contributed by atoms with van der Waals surface area (Å²) in [5.41, 5.74) is 1.21. The number of aromatic nitrogens is 1. The first-order valence-corrected chi connectivity index (χ1v) is 10.3. The lowest BCUT2D eigenvalue weighted by atomic mass is 10.1. The predicted octanol–water partition coefficient (Wildman–Crippen LogP) is 4.58. The minimum Gasteiger partial charge on any atom is -0.487 e. The summed E-state index contributed by atoms with van der Waals surface area (Å²) >= 11 is 12.4. The van der Waals surface area contributed by atoms with Crippen molar-refractivity contribution in [2.45, 2.75) is 19.6 Å². The number of ether oxygens (including phenoxy) is 1. The van der Waals surface area contributed by atoms with Crippen LogP contribution in [0.1, 0.15) is 21.6 Å². The van der Waals surface area contributed by atoms with Gasteiger partial charge in [0.25, 0.3) is 5.56 Å². The molecule has 1 atom stereocenters. The normalized spacial score (nSPS) is 10.7. The van der Waals surface area contributed by atoms with Crippen molar-refractivity contribution >= 4 is 38.6 Å². The van der Waals surface area contributed by atoms with E-state index in [4.69, 9.17) is 37.6 Å². The van der Waals surface area contributed by atoms with Crippen LogP contribution in [0.25, 0.3) is 0 Å². The highest BCUT2D eigenvalue weighted by atomic mass is 35.5. The zero-order chi connectivity index (χ0) is 21.7. The molecule has 156 valence electrons. The molecule has 3 rings (SSSR count). The largest absolute Gasteiger partial charge is 0.487 e. The molecule has 0 radical (unpaired) electrons. The molecule has 1 heterocycles. The summed E-state index contributed by atoms with van der Waals surface area (Å²) in [7, 11) is 1.37. The molecule has 1 aromatic heterocycles. The highest BCUT2D eigenvalue weighted by molar-refractivity contribution is 7.10. The number of hydrogen-bond acceptors (Lipinski definition) is 4. The minimum absolute atomic E-state index is 0.0207. The lowest BCUT2D eigenvalue weighted by molar-refractivity contribution is 0.0697. The molecule has 0 amide bonds. The molecule has 0 spiro atoms. The van der Waals surface area contributed by atoms with Gasteiger partial charge in [-0.15, -0.1) is 0 Å². The number of pyridine rings is 1. The van der Waals surface area contributed by atoms with Crippen LogP contribution in [0.2, 0.25) is 10.0 Å². The van der Waals surface area contributed by atoms with Crippen molar-refractivity contribution in [1.29, 1.82) is 0 Å². The average molecular weight is 467 g/mol. The fourth-order valence-electron chi connectivity index (χ4n) is 2.88. The number of carboxylic acids is 1. The molecule has 0 bridgehead atoms. The Hall–Kier alpha value is -2.53. The first kappa shape index (κ1) is 22.2. The van der Waals surface area contributed by atoms with Gasteiger partial charge in [-0.3, -0.25) is 4.79 Å². The van der Waals surface area contributed by atoms with Gasteiger partial charge in [0, 0.05) is 12.6 Å². The lowest BCUT2D eigenvalue weighted by Crippen LogP contribution is -2.26. The molecular formula is C21H19Cl2NO5P+. The Morgan fingerprint density at radius 2 is 1.73 bits per heavy atom.